The molecule has 1 saturated heterocycles. The first-order chi connectivity index (χ1) is 17.1. The number of carbonyl (C=O) groups is 2. The maximum Gasteiger partial charge on any atom is 0.293 e. The van der Waals surface area contributed by atoms with E-state index in [-0.39, 0.29) is 17.7 Å². The van der Waals surface area contributed by atoms with E-state index in [1.54, 1.807) is 19.3 Å². The van der Waals surface area contributed by atoms with E-state index >= 15 is 0 Å². The molecule has 4 aromatic carbocycles. The number of fused-ring (bicyclic) bond motifs is 1. The van der Waals surface area contributed by atoms with Crippen molar-refractivity contribution >= 4 is 39.8 Å². The van der Waals surface area contributed by atoms with Gasteiger partial charge in [-0.15, -0.1) is 0 Å². The van der Waals surface area contributed by atoms with Gasteiger partial charge in [-0.2, -0.15) is 0 Å². The van der Waals surface area contributed by atoms with Crippen LogP contribution in [0.25, 0.3) is 16.8 Å². The molecule has 5 nitrogen and oxygen atoms in total. The lowest BCUT2D eigenvalue weighted by Gasteiger charge is -2.14. The molecule has 5 rings (SSSR count). The number of rotatable bonds is 7. The highest BCUT2D eigenvalue weighted by Crippen LogP contribution is 2.36. The summed E-state index contributed by atoms with van der Waals surface area (Å²) in [6, 6.07) is 29.2. The number of benzene rings is 4. The van der Waals surface area contributed by atoms with Crippen molar-refractivity contribution in [2.75, 3.05) is 7.11 Å². The molecule has 0 aromatic heterocycles. The molecule has 1 aliphatic heterocycles. The van der Waals surface area contributed by atoms with Gasteiger partial charge in [-0.25, -0.2) is 0 Å². The highest BCUT2D eigenvalue weighted by atomic mass is 32.2. The first-order valence-corrected chi connectivity index (χ1v) is 12.0. The Balaban J connectivity index is 1.37. The third-order valence-electron chi connectivity index (χ3n) is 5.80. The van der Waals surface area contributed by atoms with Crippen LogP contribution in [0.3, 0.4) is 0 Å². The molecule has 0 spiro atoms. The second-order valence-electron chi connectivity index (χ2n) is 8.09. The Bertz CT molecular complexity index is 1430. The van der Waals surface area contributed by atoms with E-state index in [1.807, 2.05) is 84.9 Å². The predicted octanol–water partition coefficient (Wildman–Crippen LogP) is 6.66. The largest absolute Gasteiger partial charge is 0.493 e. The highest BCUT2D eigenvalue weighted by Gasteiger charge is 2.35. The first kappa shape index (κ1) is 22.7. The third kappa shape index (κ3) is 4.93. The molecule has 4 aromatic rings. The van der Waals surface area contributed by atoms with E-state index in [9.17, 15) is 9.59 Å². The molecule has 0 unspecified atom stereocenters. The number of methoxy groups -OCH3 is 1. The summed E-state index contributed by atoms with van der Waals surface area (Å²) in [5.74, 6) is 0.873. The van der Waals surface area contributed by atoms with Crippen molar-refractivity contribution in [2.45, 2.75) is 13.2 Å². The maximum atomic E-state index is 13.1. The molecule has 0 atom stereocenters. The van der Waals surface area contributed by atoms with Gasteiger partial charge in [0.1, 0.15) is 6.61 Å². The Morgan fingerprint density at radius 1 is 0.857 bits per heavy atom. The van der Waals surface area contributed by atoms with Gasteiger partial charge in [0.15, 0.2) is 11.5 Å². The molecule has 1 aliphatic rings. The number of ether oxygens (including phenoxy) is 2. The zero-order valence-electron chi connectivity index (χ0n) is 19.1. The number of nitrogens with zero attached hydrogens (tertiary/aromatic N) is 1. The SMILES string of the molecule is COc1ccc(/C=C2\SC(=O)N(Cc3cccc4ccccc34)C2=O)cc1OCc1ccccc1. The first-order valence-electron chi connectivity index (χ1n) is 11.2. The van der Waals surface area contributed by atoms with Crippen molar-refractivity contribution < 1.29 is 19.1 Å². The van der Waals surface area contributed by atoms with Crippen molar-refractivity contribution in [1.82, 2.24) is 4.90 Å². The van der Waals surface area contributed by atoms with E-state index in [1.165, 1.54) is 4.90 Å². The van der Waals surface area contributed by atoms with Crippen LogP contribution in [-0.2, 0) is 17.9 Å². The van der Waals surface area contributed by atoms with E-state index in [2.05, 4.69) is 0 Å². The maximum absolute atomic E-state index is 13.1. The monoisotopic (exact) mass is 481 g/mol. The Morgan fingerprint density at radius 2 is 1.63 bits per heavy atom. The lowest BCUT2D eigenvalue weighted by Crippen LogP contribution is -2.27. The Hall–Kier alpha value is -4.03. The van der Waals surface area contributed by atoms with Gasteiger partial charge in [0.25, 0.3) is 11.1 Å². The smallest absolute Gasteiger partial charge is 0.293 e. The fourth-order valence-electron chi connectivity index (χ4n) is 4.02. The summed E-state index contributed by atoms with van der Waals surface area (Å²) >= 11 is 0.954. The zero-order chi connectivity index (χ0) is 24.2. The molecule has 2 amide bonds. The van der Waals surface area contributed by atoms with Gasteiger partial charge in [0.05, 0.1) is 18.6 Å². The van der Waals surface area contributed by atoms with E-state index in [0.717, 1.165) is 39.2 Å². The van der Waals surface area contributed by atoms with Gasteiger partial charge < -0.3 is 9.47 Å². The summed E-state index contributed by atoms with van der Waals surface area (Å²) in [6.07, 6.45) is 1.73. The van der Waals surface area contributed by atoms with Crippen molar-refractivity contribution in [3.05, 3.63) is 113 Å². The minimum absolute atomic E-state index is 0.234. The molecule has 0 aliphatic carbocycles. The van der Waals surface area contributed by atoms with E-state index in [4.69, 9.17) is 9.47 Å². The van der Waals surface area contributed by atoms with Crippen LogP contribution in [-0.4, -0.2) is 23.2 Å². The van der Waals surface area contributed by atoms with Gasteiger partial charge >= 0.3 is 0 Å². The zero-order valence-corrected chi connectivity index (χ0v) is 20.0. The van der Waals surface area contributed by atoms with Crippen molar-refractivity contribution in [2.24, 2.45) is 0 Å². The summed E-state index contributed by atoms with van der Waals surface area (Å²) in [5, 5.41) is 1.84. The topological polar surface area (TPSA) is 55.8 Å². The number of thioether (sulfide) groups is 1. The van der Waals surface area contributed by atoms with Crippen LogP contribution in [0.5, 0.6) is 11.5 Å². The van der Waals surface area contributed by atoms with Crippen LogP contribution >= 0.6 is 11.8 Å². The molecule has 0 bridgehead atoms. The number of imide groups is 1. The number of amides is 2. The summed E-state index contributed by atoms with van der Waals surface area (Å²) in [6.45, 7) is 0.625. The van der Waals surface area contributed by atoms with Crippen molar-refractivity contribution in [3.63, 3.8) is 0 Å². The van der Waals surface area contributed by atoms with E-state index in [0.29, 0.717) is 23.0 Å². The van der Waals surface area contributed by atoms with E-state index < -0.39 is 0 Å². The van der Waals surface area contributed by atoms with Crippen LogP contribution in [0, 0.1) is 0 Å². The number of carbonyl (C=O) groups excluding carboxylic acids is 2. The average Bonchev–Trinajstić information content (AvgIpc) is 3.15. The quantitative estimate of drug-likeness (QED) is 0.276. The summed E-state index contributed by atoms with van der Waals surface area (Å²) in [4.78, 5) is 27.6. The van der Waals surface area contributed by atoms with Crippen LogP contribution in [0.1, 0.15) is 16.7 Å². The van der Waals surface area contributed by atoms with Crippen molar-refractivity contribution in [3.8, 4) is 11.5 Å². The molecule has 174 valence electrons. The molecule has 35 heavy (non-hydrogen) atoms. The van der Waals surface area contributed by atoms with Gasteiger partial charge in [-0.3, -0.25) is 14.5 Å². The molecule has 0 N–H and O–H groups in total. The molecular weight excluding hydrogens is 458 g/mol. The van der Waals surface area contributed by atoms with Crippen molar-refractivity contribution in [1.29, 1.82) is 0 Å². The fraction of sp³-hybridized carbons (Fsp3) is 0.103. The molecule has 0 radical (unpaired) electrons. The Morgan fingerprint density at radius 3 is 2.46 bits per heavy atom. The number of hydrogen-bond acceptors (Lipinski definition) is 5. The minimum Gasteiger partial charge on any atom is -0.493 e. The average molecular weight is 482 g/mol. The Labute approximate surface area is 208 Å². The van der Waals surface area contributed by atoms with Gasteiger partial charge in [-0.1, -0.05) is 78.9 Å². The standard InChI is InChI=1S/C29H23NO4S/c1-33-25-15-14-21(16-26(25)34-19-20-8-3-2-4-9-20)17-27-28(31)30(29(32)35-27)18-23-12-7-11-22-10-5-6-13-24(22)23/h2-17H,18-19H2,1H3/b27-17-. The predicted molar refractivity (Wildman–Crippen MR) is 139 cm³/mol. The van der Waals surface area contributed by atoms with Crippen LogP contribution in [0.4, 0.5) is 4.79 Å². The van der Waals surface area contributed by atoms with Crippen LogP contribution in [0.2, 0.25) is 0 Å². The Kier molecular flexibility index (Phi) is 6.55. The molecule has 6 heteroatoms. The van der Waals surface area contributed by atoms with Gasteiger partial charge in [0, 0.05) is 0 Å². The lowest BCUT2D eigenvalue weighted by molar-refractivity contribution is -0.123. The second kappa shape index (κ2) is 10.1. The summed E-state index contributed by atoms with van der Waals surface area (Å²) in [7, 11) is 1.59. The van der Waals surface area contributed by atoms with Gasteiger partial charge in [0.2, 0.25) is 0 Å². The lowest BCUT2D eigenvalue weighted by atomic mass is 10.0. The highest BCUT2D eigenvalue weighted by molar-refractivity contribution is 8.18. The molecule has 1 heterocycles. The summed E-state index contributed by atoms with van der Waals surface area (Å²) < 4.78 is 11.4. The number of hydrogen-bond donors (Lipinski definition) is 0. The minimum atomic E-state index is -0.296. The molecular formula is C29H23NO4S. The molecule has 0 saturated carbocycles. The van der Waals surface area contributed by atoms with Crippen LogP contribution < -0.4 is 9.47 Å². The fourth-order valence-corrected chi connectivity index (χ4v) is 4.86. The second-order valence-corrected chi connectivity index (χ2v) is 9.08. The van der Waals surface area contributed by atoms with Gasteiger partial charge in [-0.05, 0) is 57.4 Å². The normalized spacial score (nSPS) is 14.7. The third-order valence-corrected chi connectivity index (χ3v) is 6.71. The summed E-state index contributed by atoms with van der Waals surface area (Å²) in [5.41, 5.74) is 2.73. The van der Waals surface area contributed by atoms with Crippen LogP contribution in [0.15, 0.2) is 95.9 Å². The molecule has 1 fully saturated rings.